The van der Waals surface area contributed by atoms with Crippen LogP contribution in [0.2, 0.25) is 0 Å². The number of amides is 1. The number of hydrogen-bond acceptors (Lipinski definition) is 2. The second kappa shape index (κ2) is 6.86. The summed E-state index contributed by atoms with van der Waals surface area (Å²) in [4.78, 5) is 14.2. The molecule has 0 fully saturated rings. The monoisotopic (exact) mass is 309 g/mol. The van der Waals surface area contributed by atoms with Crippen molar-refractivity contribution in [1.29, 1.82) is 0 Å². The van der Waals surface area contributed by atoms with Crippen LogP contribution in [0, 0.1) is 0 Å². The summed E-state index contributed by atoms with van der Waals surface area (Å²) in [5.74, 6) is 1.30. The Kier molecular flexibility index (Phi) is 4.65. The minimum atomic E-state index is 0.0486. The zero-order chi connectivity index (χ0) is 16.2. The van der Waals surface area contributed by atoms with Crippen LogP contribution in [0.1, 0.15) is 36.5 Å². The molecule has 0 spiro atoms. The fraction of sp³-hybridized carbons (Fsp3) is 0.350. The van der Waals surface area contributed by atoms with E-state index in [0.29, 0.717) is 12.5 Å². The van der Waals surface area contributed by atoms with Crippen LogP contribution in [0.5, 0.6) is 5.75 Å². The third-order valence-corrected chi connectivity index (χ3v) is 4.39. The summed E-state index contributed by atoms with van der Waals surface area (Å²) in [6.07, 6.45) is 0.922. The number of rotatable bonds is 4. The molecule has 3 rings (SSSR count). The van der Waals surface area contributed by atoms with E-state index >= 15 is 0 Å². The van der Waals surface area contributed by atoms with Gasteiger partial charge in [-0.2, -0.15) is 0 Å². The van der Waals surface area contributed by atoms with Crippen LogP contribution in [0.15, 0.2) is 48.5 Å². The van der Waals surface area contributed by atoms with Crippen molar-refractivity contribution < 1.29 is 9.53 Å². The minimum absolute atomic E-state index is 0.0486. The number of carbonyl (C=O) groups excluding carboxylic acids is 1. The van der Waals surface area contributed by atoms with Gasteiger partial charge in [-0.1, -0.05) is 50.2 Å². The third kappa shape index (κ3) is 3.73. The largest absolute Gasteiger partial charge is 0.484 e. The molecule has 0 saturated heterocycles. The van der Waals surface area contributed by atoms with Gasteiger partial charge < -0.3 is 9.64 Å². The van der Waals surface area contributed by atoms with Crippen LogP contribution in [-0.2, 0) is 17.8 Å². The van der Waals surface area contributed by atoms with E-state index in [1.807, 2.05) is 23.1 Å². The fourth-order valence-corrected chi connectivity index (χ4v) is 2.89. The van der Waals surface area contributed by atoms with Crippen LogP contribution in [0.25, 0.3) is 0 Å². The normalized spacial score (nSPS) is 13.8. The maximum Gasteiger partial charge on any atom is 0.260 e. The van der Waals surface area contributed by atoms with Crippen molar-refractivity contribution in [2.45, 2.75) is 32.7 Å². The Bertz CT molecular complexity index is 676. The molecule has 1 aliphatic heterocycles. The van der Waals surface area contributed by atoms with Gasteiger partial charge in [-0.25, -0.2) is 0 Å². The van der Waals surface area contributed by atoms with E-state index in [1.165, 1.54) is 16.7 Å². The molecule has 23 heavy (non-hydrogen) atoms. The summed E-state index contributed by atoms with van der Waals surface area (Å²) < 4.78 is 5.65. The molecule has 2 aromatic rings. The van der Waals surface area contributed by atoms with E-state index in [-0.39, 0.29) is 12.5 Å². The Labute approximate surface area is 137 Å². The first-order valence-electron chi connectivity index (χ1n) is 8.21. The van der Waals surface area contributed by atoms with Crippen molar-refractivity contribution in [3.05, 3.63) is 65.2 Å². The lowest BCUT2D eigenvalue weighted by atomic mass is 10.00. The van der Waals surface area contributed by atoms with Gasteiger partial charge in [0, 0.05) is 13.1 Å². The summed E-state index contributed by atoms with van der Waals surface area (Å²) >= 11 is 0. The standard InChI is InChI=1S/C20H23NO2/c1-15(2)16-7-9-19(10-8-16)23-14-20(22)21-12-11-17-5-3-4-6-18(17)13-21/h3-10,15H,11-14H2,1-2H3. The Morgan fingerprint density at radius 2 is 1.78 bits per heavy atom. The minimum Gasteiger partial charge on any atom is -0.484 e. The number of carbonyl (C=O) groups is 1. The first-order chi connectivity index (χ1) is 11.1. The second-order valence-electron chi connectivity index (χ2n) is 6.35. The Morgan fingerprint density at radius 3 is 2.48 bits per heavy atom. The lowest BCUT2D eigenvalue weighted by molar-refractivity contribution is -0.134. The number of fused-ring (bicyclic) bond motifs is 1. The van der Waals surface area contributed by atoms with Gasteiger partial charge in [0.05, 0.1) is 0 Å². The smallest absolute Gasteiger partial charge is 0.260 e. The van der Waals surface area contributed by atoms with Crippen molar-refractivity contribution in [2.24, 2.45) is 0 Å². The van der Waals surface area contributed by atoms with Crippen LogP contribution >= 0.6 is 0 Å². The van der Waals surface area contributed by atoms with E-state index in [4.69, 9.17) is 4.74 Å². The van der Waals surface area contributed by atoms with Crippen molar-refractivity contribution >= 4 is 5.91 Å². The van der Waals surface area contributed by atoms with Crippen LogP contribution in [0.4, 0.5) is 0 Å². The molecule has 2 aromatic carbocycles. The van der Waals surface area contributed by atoms with Gasteiger partial charge in [-0.05, 0) is 41.2 Å². The third-order valence-electron chi connectivity index (χ3n) is 4.39. The molecular formula is C20H23NO2. The lowest BCUT2D eigenvalue weighted by Gasteiger charge is -2.28. The van der Waals surface area contributed by atoms with Gasteiger partial charge in [-0.15, -0.1) is 0 Å². The van der Waals surface area contributed by atoms with Crippen molar-refractivity contribution in [2.75, 3.05) is 13.2 Å². The van der Waals surface area contributed by atoms with Gasteiger partial charge in [0.1, 0.15) is 5.75 Å². The SMILES string of the molecule is CC(C)c1ccc(OCC(=O)N2CCc3ccccc3C2)cc1. The van der Waals surface area contributed by atoms with Crippen LogP contribution < -0.4 is 4.74 Å². The second-order valence-corrected chi connectivity index (χ2v) is 6.35. The maximum absolute atomic E-state index is 12.4. The highest BCUT2D eigenvalue weighted by Crippen LogP contribution is 2.20. The Morgan fingerprint density at radius 1 is 1.09 bits per heavy atom. The predicted octanol–water partition coefficient (Wildman–Crippen LogP) is 3.77. The lowest BCUT2D eigenvalue weighted by Crippen LogP contribution is -2.38. The van der Waals surface area contributed by atoms with E-state index in [0.717, 1.165) is 18.7 Å². The summed E-state index contributed by atoms with van der Waals surface area (Å²) in [5, 5.41) is 0. The van der Waals surface area contributed by atoms with Crippen molar-refractivity contribution in [3.8, 4) is 5.75 Å². The molecule has 0 aromatic heterocycles. The van der Waals surface area contributed by atoms with Crippen LogP contribution in [0.3, 0.4) is 0 Å². The first kappa shape index (κ1) is 15.6. The number of nitrogens with zero attached hydrogens (tertiary/aromatic N) is 1. The van der Waals surface area contributed by atoms with E-state index in [9.17, 15) is 4.79 Å². The zero-order valence-electron chi connectivity index (χ0n) is 13.8. The molecule has 0 bridgehead atoms. The highest BCUT2D eigenvalue weighted by Gasteiger charge is 2.20. The highest BCUT2D eigenvalue weighted by molar-refractivity contribution is 5.78. The molecule has 1 aliphatic rings. The molecule has 120 valence electrons. The Hall–Kier alpha value is -2.29. The molecule has 0 atom stereocenters. The maximum atomic E-state index is 12.4. The number of ether oxygens (including phenoxy) is 1. The first-order valence-corrected chi connectivity index (χ1v) is 8.21. The van der Waals surface area contributed by atoms with Gasteiger partial charge in [0.15, 0.2) is 6.61 Å². The van der Waals surface area contributed by atoms with E-state index in [1.54, 1.807) is 0 Å². The average molecular weight is 309 g/mol. The quantitative estimate of drug-likeness (QED) is 0.860. The van der Waals surface area contributed by atoms with E-state index in [2.05, 4.69) is 44.2 Å². The zero-order valence-corrected chi connectivity index (χ0v) is 13.8. The number of benzene rings is 2. The van der Waals surface area contributed by atoms with Gasteiger partial charge in [0.2, 0.25) is 0 Å². The molecular weight excluding hydrogens is 286 g/mol. The molecule has 0 aliphatic carbocycles. The summed E-state index contributed by atoms with van der Waals surface area (Å²) in [6, 6.07) is 16.3. The molecule has 0 radical (unpaired) electrons. The van der Waals surface area contributed by atoms with Gasteiger partial charge >= 0.3 is 0 Å². The fourth-order valence-electron chi connectivity index (χ4n) is 2.89. The summed E-state index contributed by atoms with van der Waals surface area (Å²) in [5.41, 5.74) is 3.87. The Balaban J connectivity index is 1.56. The average Bonchev–Trinajstić information content (AvgIpc) is 2.59. The van der Waals surface area contributed by atoms with E-state index < -0.39 is 0 Å². The topological polar surface area (TPSA) is 29.5 Å². The molecule has 0 unspecified atom stereocenters. The van der Waals surface area contributed by atoms with Gasteiger partial charge in [-0.3, -0.25) is 4.79 Å². The summed E-state index contributed by atoms with van der Waals surface area (Å²) in [7, 11) is 0. The molecule has 3 heteroatoms. The molecule has 0 saturated carbocycles. The van der Waals surface area contributed by atoms with Crippen molar-refractivity contribution in [3.63, 3.8) is 0 Å². The highest BCUT2D eigenvalue weighted by atomic mass is 16.5. The molecule has 3 nitrogen and oxygen atoms in total. The summed E-state index contributed by atoms with van der Waals surface area (Å²) in [6.45, 7) is 5.88. The number of hydrogen-bond donors (Lipinski definition) is 0. The van der Waals surface area contributed by atoms with Gasteiger partial charge in [0.25, 0.3) is 5.91 Å². The van der Waals surface area contributed by atoms with Crippen LogP contribution in [-0.4, -0.2) is 24.0 Å². The predicted molar refractivity (Wildman–Crippen MR) is 91.6 cm³/mol. The molecule has 1 amide bonds. The molecule has 0 N–H and O–H groups in total. The molecule has 1 heterocycles. The van der Waals surface area contributed by atoms with Crippen molar-refractivity contribution in [1.82, 2.24) is 4.90 Å².